The van der Waals surface area contributed by atoms with Gasteiger partial charge >= 0.3 is 5.97 Å². The van der Waals surface area contributed by atoms with Crippen LogP contribution in [-0.2, 0) is 17.8 Å². The Morgan fingerprint density at radius 1 is 1.35 bits per heavy atom. The number of anilines is 1. The second-order valence-electron chi connectivity index (χ2n) is 5.95. The first-order valence-corrected chi connectivity index (χ1v) is 7.85. The van der Waals surface area contributed by atoms with E-state index in [2.05, 4.69) is 5.32 Å². The third kappa shape index (κ3) is 2.73. The molecule has 2 N–H and O–H groups in total. The number of nitrogens with zero attached hydrogens (tertiary/aromatic N) is 2. The van der Waals surface area contributed by atoms with Crippen LogP contribution in [0.15, 0.2) is 18.2 Å². The molecule has 7 nitrogen and oxygen atoms in total. The second kappa shape index (κ2) is 6.44. The van der Waals surface area contributed by atoms with E-state index < -0.39 is 23.5 Å². The molecule has 1 aliphatic heterocycles. The molecular formula is C18H14FN3O4. The first kappa shape index (κ1) is 17.4. The quantitative estimate of drug-likeness (QED) is 0.645. The number of carboxylic acid groups (broad SMARTS) is 1. The number of carboxylic acids is 1. The Morgan fingerprint density at radius 3 is 2.73 bits per heavy atom. The summed E-state index contributed by atoms with van der Waals surface area (Å²) >= 11 is 0. The fourth-order valence-electron chi connectivity index (χ4n) is 3.30. The number of rotatable bonds is 4. The molecule has 0 saturated heterocycles. The van der Waals surface area contributed by atoms with Crippen molar-refractivity contribution in [1.29, 1.82) is 5.26 Å². The van der Waals surface area contributed by atoms with Gasteiger partial charge in [-0.2, -0.15) is 5.26 Å². The molecule has 3 rings (SSSR count). The zero-order chi connectivity index (χ0) is 19.0. The lowest BCUT2D eigenvalue weighted by Gasteiger charge is -2.07. The number of ketones is 1. The van der Waals surface area contributed by atoms with Crippen molar-refractivity contribution in [2.24, 2.45) is 0 Å². The molecule has 2 aromatic rings. The van der Waals surface area contributed by atoms with E-state index in [1.54, 1.807) is 10.6 Å². The van der Waals surface area contributed by atoms with Crippen molar-refractivity contribution in [2.75, 3.05) is 5.32 Å². The monoisotopic (exact) mass is 355 g/mol. The van der Waals surface area contributed by atoms with Gasteiger partial charge in [0.2, 0.25) is 0 Å². The van der Waals surface area contributed by atoms with E-state index in [-0.39, 0.29) is 22.5 Å². The molecule has 1 aromatic carbocycles. The minimum absolute atomic E-state index is 0.00645. The molecule has 0 aliphatic carbocycles. The lowest BCUT2D eigenvalue weighted by molar-refractivity contribution is -0.131. The lowest BCUT2D eigenvalue weighted by atomic mass is 10.0. The predicted molar refractivity (Wildman–Crippen MR) is 88.5 cm³/mol. The fraction of sp³-hybridized carbons (Fsp3) is 0.222. The van der Waals surface area contributed by atoms with Crippen LogP contribution in [0.5, 0.6) is 0 Å². The van der Waals surface area contributed by atoms with Gasteiger partial charge in [0.05, 0.1) is 11.1 Å². The summed E-state index contributed by atoms with van der Waals surface area (Å²) in [7, 11) is 0. The summed E-state index contributed by atoms with van der Waals surface area (Å²) in [6.45, 7) is 1.99. The largest absolute Gasteiger partial charge is 0.475 e. The van der Waals surface area contributed by atoms with Crippen LogP contribution >= 0.6 is 0 Å². The summed E-state index contributed by atoms with van der Waals surface area (Å²) in [5, 5.41) is 20.5. The number of nitrogens with one attached hydrogen (secondary N) is 1. The summed E-state index contributed by atoms with van der Waals surface area (Å²) in [4.78, 5) is 35.8. The summed E-state index contributed by atoms with van der Waals surface area (Å²) in [6.07, 6.45) is 1.24. The van der Waals surface area contributed by atoms with Crippen LogP contribution in [-0.4, -0.2) is 27.3 Å². The van der Waals surface area contributed by atoms with Crippen molar-refractivity contribution in [1.82, 2.24) is 4.57 Å². The number of fused-ring (bicyclic) bond motifs is 1. The maximum absolute atomic E-state index is 13.4. The van der Waals surface area contributed by atoms with Gasteiger partial charge in [-0.3, -0.25) is 9.59 Å². The smallest absolute Gasteiger partial charge is 0.378 e. The number of Topliss-reactive ketones (excluding diaryl/α,β-unsaturated/α-hetero) is 1. The Bertz CT molecular complexity index is 1000. The van der Waals surface area contributed by atoms with E-state index in [9.17, 15) is 18.8 Å². The van der Waals surface area contributed by atoms with Crippen LogP contribution in [0.3, 0.4) is 0 Å². The van der Waals surface area contributed by atoms with Gasteiger partial charge in [-0.05, 0) is 43.5 Å². The molecule has 0 radical (unpaired) electrons. The van der Waals surface area contributed by atoms with Crippen molar-refractivity contribution >= 4 is 23.3 Å². The number of hydrogen-bond acceptors (Lipinski definition) is 4. The van der Waals surface area contributed by atoms with Crippen molar-refractivity contribution in [3.05, 3.63) is 52.1 Å². The minimum atomic E-state index is -1.58. The van der Waals surface area contributed by atoms with Crippen molar-refractivity contribution in [3.8, 4) is 6.07 Å². The summed E-state index contributed by atoms with van der Waals surface area (Å²) in [6, 6.07) is 5.30. The summed E-state index contributed by atoms with van der Waals surface area (Å²) in [5.74, 6) is -3.86. The number of aliphatic carboxylic acids is 1. The highest BCUT2D eigenvalue weighted by atomic mass is 19.1. The zero-order valence-corrected chi connectivity index (χ0v) is 13.8. The van der Waals surface area contributed by atoms with E-state index in [0.29, 0.717) is 30.6 Å². The number of aromatic nitrogens is 1. The number of nitriles is 1. The molecule has 0 spiro atoms. The zero-order valence-electron chi connectivity index (χ0n) is 13.8. The van der Waals surface area contributed by atoms with E-state index >= 15 is 0 Å². The van der Waals surface area contributed by atoms with E-state index in [1.165, 1.54) is 19.1 Å². The van der Waals surface area contributed by atoms with E-state index in [1.807, 2.05) is 0 Å². The summed E-state index contributed by atoms with van der Waals surface area (Å²) in [5.41, 5.74) is 1.18. The third-order valence-electron chi connectivity index (χ3n) is 4.39. The highest BCUT2D eigenvalue weighted by Crippen LogP contribution is 2.30. The van der Waals surface area contributed by atoms with Gasteiger partial charge in [-0.1, -0.05) is 0 Å². The molecule has 0 fully saturated rings. The molecule has 0 unspecified atom stereocenters. The molecule has 2 heterocycles. The van der Waals surface area contributed by atoms with Crippen LogP contribution in [0.25, 0.3) is 0 Å². The first-order chi connectivity index (χ1) is 12.3. The fourth-order valence-corrected chi connectivity index (χ4v) is 3.30. The maximum Gasteiger partial charge on any atom is 0.378 e. The molecule has 132 valence electrons. The van der Waals surface area contributed by atoms with Crippen molar-refractivity contribution in [2.45, 2.75) is 26.3 Å². The number of amides is 1. The highest BCUT2D eigenvalue weighted by Gasteiger charge is 2.32. The molecule has 1 aromatic heterocycles. The third-order valence-corrected chi connectivity index (χ3v) is 4.39. The SMILES string of the molecule is Cc1c(C(=O)Nc2ccc(F)c(C#N)c2)c2n(c1C(=O)C(=O)O)CCC2. The van der Waals surface area contributed by atoms with Gasteiger partial charge < -0.3 is 15.0 Å². The molecule has 0 saturated carbocycles. The molecule has 1 aliphatic rings. The number of benzene rings is 1. The van der Waals surface area contributed by atoms with Gasteiger partial charge in [0.15, 0.2) is 0 Å². The van der Waals surface area contributed by atoms with Crippen molar-refractivity contribution < 1.29 is 23.9 Å². The van der Waals surface area contributed by atoms with Crippen LogP contribution in [0.2, 0.25) is 0 Å². The standard InChI is InChI=1S/C18H14FN3O4/c1-9-14(13-3-2-6-22(13)15(9)16(23)18(25)26)17(24)21-11-4-5-12(19)10(7-11)8-20/h4-5,7H,2-3,6H2,1H3,(H,21,24)(H,25,26). The number of carbonyl (C=O) groups is 3. The van der Waals surface area contributed by atoms with Gasteiger partial charge in [0.1, 0.15) is 17.6 Å². The first-order valence-electron chi connectivity index (χ1n) is 7.85. The van der Waals surface area contributed by atoms with Crippen LogP contribution in [0, 0.1) is 24.1 Å². The van der Waals surface area contributed by atoms with Crippen LogP contribution in [0.4, 0.5) is 10.1 Å². The molecule has 0 atom stereocenters. The molecular weight excluding hydrogens is 341 g/mol. The summed E-state index contributed by atoms with van der Waals surface area (Å²) < 4.78 is 15.0. The lowest BCUT2D eigenvalue weighted by Crippen LogP contribution is -2.18. The van der Waals surface area contributed by atoms with E-state index in [4.69, 9.17) is 10.4 Å². The van der Waals surface area contributed by atoms with Gasteiger partial charge in [0.25, 0.3) is 11.7 Å². The highest BCUT2D eigenvalue weighted by molar-refractivity contribution is 6.40. The van der Waals surface area contributed by atoms with E-state index in [0.717, 1.165) is 6.07 Å². The number of carbonyl (C=O) groups excluding carboxylic acids is 2. The Hall–Kier alpha value is -3.47. The molecule has 8 heteroatoms. The van der Waals surface area contributed by atoms with Gasteiger partial charge in [0, 0.05) is 17.9 Å². The average Bonchev–Trinajstić information content (AvgIpc) is 3.15. The molecule has 26 heavy (non-hydrogen) atoms. The molecule has 0 bridgehead atoms. The minimum Gasteiger partial charge on any atom is -0.475 e. The number of hydrogen-bond donors (Lipinski definition) is 2. The Morgan fingerprint density at radius 2 is 2.08 bits per heavy atom. The Balaban J connectivity index is 2.01. The predicted octanol–water partition coefficient (Wildman–Crippen LogP) is 2.27. The number of halogens is 1. The second-order valence-corrected chi connectivity index (χ2v) is 5.95. The van der Waals surface area contributed by atoms with Gasteiger partial charge in [-0.15, -0.1) is 0 Å². The van der Waals surface area contributed by atoms with Gasteiger partial charge in [-0.25, -0.2) is 9.18 Å². The molecule has 1 amide bonds. The Labute approximate surface area is 147 Å². The maximum atomic E-state index is 13.4. The normalized spacial score (nSPS) is 12.3. The average molecular weight is 355 g/mol. The Kier molecular flexibility index (Phi) is 4.30. The van der Waals surface area contributed by atoms with Crippen LogP contribution < -0.4 is 5.32 Å². The van der Waals surface area contributed by atoms with Crippen molar-refractivity contribution in [3.63, 3.8) is 0 Å². The topological polar surface area (TPSA) is 112 Å². The van der Waals surface area contributed by atoms with Crippen LogP contribution in [0.1, 0.15) is 44.1 Å².